The van der Waals surface area contributed by atoms with Crippen molar-refractivity contribution in [2.75, 3.05) is 0 Å². The Bertz CT molecular complexity index is 248. The summed E-state index contributed by atoms with van der Waals surface area (Å²) in [5.74, 6) is -1.48. The van der Waals surface area contributed by atoms with Crippen LogP contribution >= 0.6 is 0 Å². The fraction of sp³-hybridized carbons (Fsp3) is 0.125. The van der Waals surface area contributed by atoms with Crippen molar-refractivity contribution in [2.24, 2.45) is 0 Å². The second-order valence-corrected chi connectivity index (χ2v) is 2.13. The van der Waals surface area contributed by atoms with Crippen LogP contribution in [0.25, 0.3) is 0 Å². The number of hydrogen-bond donors (Lipinski definition) is 1. The van der Waals surface area contributed by atoms with Gasteiger partial charge in [-0.25, -0.2) is 0 Å². The van der Waals surface area contributed by atoms with Crippen LogP contribution in [-0.2, 0) is 4.79 Å². The Morgan fingerprint density at radius 2 is 1.83 bits per heavy atom. The Morgan fingerprint density at radius 3 is 2.25 bits per heavy atom. The summed E-state index contributed by atoms with van der Waals surface area (Å²) in [5, 5.41) is 19.1. The van der Waals surface area contributed by atoms with E-state index in [0.717, 1.165) is 0 Å². The fourth-order valence-electron chi connectivity index (χ4n) is 0.771. The van der Waals surface area contributed by atoms with E-state index in [9.17, 15) is 9.90 Å². The molecule has 0 amide bonds. The maximum absolute atomic E-state index is 10.1. The Kier molecular flexibility index (Phi) is 5.99. The quantitative estimate of drug-likeness (QED) is 0.492. The largest absolute Gasteiger partial charge is 1.00 e. The predicted molar refractivity (Wildman–Crippen MR) is 36.4 cm³/mol. The molecule has 3 nitrogen and oxygen atoms in total. The van der Waals surface area contributed by atoms with E-state index < -0.39 is 12.1 Å². The van der Waals surface area contributed by atoms with E-state index in [-0.39, 0.29) is 51.4 Å². The molecule has 1 rings (SSSR count). The molecule has 0 unspecified atom stereocenters. The second kappa shape index (κ2) is 5.85. The van der Waals surface area contributed by atoms with E-state index in [1.807, 2.05) is 0 Å². The standard InChI is InChI=1S/C8H8O3.K/c9-7(8(10)11)6-4-2-1-3-5-6;/h1-5,7,9H,(H,10,11);/q;+1/p-1/t7-;/m0./s1. The van der Waals surface area contributed by atoms with Crippen molar-refractivity contribution >= 4 is 5.97 Å². The van der Waals surface area contributed by atoms with Crippen molar-refractivity contribution in [3.8, 4) is 0 Å². The van der Waals surface area contributed by atoms with Gasteiger partial charge < -0.3 is 15.0 Å². The van der Waals surface area contributed by atoms with E-state index in [0.29, 0.717) is 5.56 Å². The van der Waals surface area contributed by atoms with Crippen LogP contribution in [0, 0.1) is 0 Å². The maximum atomic E-state index is 10.1. The molecule has 1 atom stereocenters. The third-order valence-corrected chi connectivity index (χ3v) is 1.34. The molecule has 0 spiro atoms. The summed E-state index contributed by atoms with van der Waals surface area (Å²) in [6.45, 7) is 0. The van der Waals surface area contributed by atoms with Crippen molar-refractivity contribution in [1.29, 1.82) is 0 Å². The number of rotatable bonds is 2. The zero-order valence-corrected chi connectivity index (χ0v) is 9.85. The average Bonchev–Trinajstić information content (AvgIpc) is 2.05. The molecule has 0 saturated carbocycles. The first kappa shape index (κ1) is 12.3. The van der Waals surface area contributed by atoms with Crippen LogP contribution in [0.2, 0.25) is 0 Å². The van der Waals surface area contributed by atoms with Gasteiger partial charge in [0.25, 0.3) is 0 Å². The van der Waals surface area contributed by atoms with E-state index in [2.05, 4.69) is 0 Å². The van der Waals surface area contributed by atoms with Crippen LogP contribution in [0.1, 0.15) is 11.7 Å². The van der Waals surface area contributed by atoms with Gasteiger partial charge in [0.15, 0.2) is 0 Å². The van der Waals surface area contributed by atoms with E-state index >= 15 is 0 Å². The minimum Gasteiger partial charge on any atom is -0.547 e. The molecule has 0 heterocycles. The molecule has 0 aliphatic heterocycles. The van der Waals surface area contributed by atoms with Crippen LogP contribution in [0.4, 0.5) is 0 Å². The number of carboxylic acid groups (broad SMARTS) is 1. The topological polar surface area (TPSA) is 60.4 Å². The molecule has 1 N–H and O–H groups in total. The minimum absolute atomic E-state index is 0. The van der Waals surface area contributed by atoms with Gasteiger partial charge >= 0.3 is 51.4 Å². The van der Waals surface area contributed by atoms with Crippen LogP contribution in [0.5, 0.6) is 0 Å². The van der Waals surface area contributed by atoms with Gasteiger partial charge in [-0.1, -0.05) is 30.3 Å². The van der Waals surface area contributed by atoms with Crippen molar-refractivity contribution in [2.45, 2.75) is 6.10 Å². The Labute approximate surface area is 113 Å². The molecular formula is C8H7KO3. The predicted octanol–water partition coefficient (Wildman–Crippen LogP) is -3.53. The average molecular weight is 190 g/mol. The van der Waals surface area contributed by atoms with Crippen molar-refractivity contribution < 1.29 is 66.4 Å². The number of carbonyl (C=O) groups is 1. The molecule has 12 heavy (non-hydrogen) atoms. The third kappa shape index (κ3) is 3.34. The number of hydrogen-bond acceptors (Lipinski definition) is 3. The zero-order chi connectivity index (χ0) is 8.27. The Morgan fingerprint density at radius 1 is 1.33 bits per heavy atom. The molecule has 0 fully saturated rings. The number of aliphatic carboxylic acids is 1. The van der Waals surface area contributed by atoms with Crippen LogP contribution in [0.15, 0.2) is 30.3 Å². The number of carbonyl (C=O) groups excluding carboxylic acids is 1. The normalized spacial score (nSPS) is 11.4. The van der Waals surface area contributed by atoms with Gasteiger partial charge in [-0.3, -0.25) is 0 Å². The third-order valence-electron chi connectivity index (χ3n) is 1.34. The van der Waals surface area contributed by atoms with Gasteiger partial charge in [0, 0.05) is 0 Å². The SMILES string of the molecule is O=C([O-])[C@@H](O)c1ccccc1.[K+]. The van der Waals surface area contributed by atoms with Crippen molar-refractivity contribution in [3.63, 3.8) is 0 Å². The zero-order valence-electron chi connectivity index (χ0n) is 6.73. The van der Waals surface area contributed by atoms with Gasteiger partial charge in [0.2, 0.25) is 0 Å². The second-order valence-electron chi connectivity index (χ2n) is 2.13. The van der Waals surface area contributed by atoms with Gasteiger partial charge in [-0.2, -0.15) is 0 Å². The first-order valence-corrected chi connectivity index (χ1v) is 3.15. The van der Waals surface area contributed by atoms with Crippen LogP contribution in [0.3, 0.4) is 0 Å². The molecule has 0 bridgehead atoms. The van der Waals surface area contributed by atoms with Gasteiger partial charge in [-0.05, 0) is 5.56 Å². The summed E-state index contributed by atoms with van der Waals surface area (Å²) < 4.78 is 0. The Hall–Kier alpha value is 0.286. The first-order valence-electron chi connectivity index (χ1n) is 3.15. The molecule has 0 saturated heterocycles. The Balaban J connectivity index is 0.00000121. The van der Waals surface area contributed by atoms with E-state index in [4.69, 9.17) is 5.11 Å². The number of carboxylic acids is 1. The van der Waals surface area contributed by atoms with Crippen LogP contribution < -0.4 is 56.5 Å². The van der Waals surface area contributed by atoms with Crippen molar-refractivity contribution in [1.82, 2.24) is 0 Å². The van der Waals surface area contributed by atoms with E-state index in [1.165, 1.54) is 12.1 Å². The molecule has 0 radical (unpaired) electrons. The molecule has 0 aliphatic rings. The number of aliphatic hydroxyl groups is 1. The molecular weight excluding hydrogens is 183 g/mol. The fourth-order valence-corrected chi connectivity index (χ4v) is 0.771. The van der Waals surface area contributed by atoms with Crippen molar-refractivity contribution in [3.05, 3.63) is 35.9 Å². The summed E-state index contributed by atoms with van der Waals surface area (Å²) in [5.41, 5.74) is 0.340. The molecule has 4 heteroatoms. The monoisotopic (exact) mass is 190 g/mol. The summed E-state index contributed by atoms with van der Waals surface area (Å²) in [4.78, 5) is 10.1. The van der Waals surface area contributed by atoms with Gasteiger partial charge in [0.05, 0.1) is 5.97 Å². The maximum Gasteiger partial charge on any atom is 1.00 e. The number of benzene rings is 1. The molecule has 1 aromatic rings. The number of aliphatic hydroxyl groups excluding tert-OH is 1. The van der Waals surface area contributed by atoms with Gasteiger partial charge in [0.1, 0.15) is 6.10 Å². The minimum atomic E-state index is -1.52. The summed E-state index contributed by atoms with van der Waals surface area (Å²) in [6, 6.07) is 8.11. The first-order chi connectivity index (χ1) is 5.22. The molecule has 0 aromatic heterocycles. The van der Waals surface area contributed by atoms with Crippen LogP contribution in [-0.4, -0.2) is 11.1 Å². The van der Waals surface area contributed by atoms with Gasteiger partial charge in [-0.15, -0.1) is 0 Å². The summed E-state index contributed by atoms with van der Waals surface area (Å²) in [7, 11) is 0. The molecule has 0 aliphatic carbocycles. The molecule has 58 valence electrons. The van der Waals surface area contributed by atoms with E-state index in [1.54, 1.807) is 18.2 Å². The molecule has 1 aromatic carbocycles. The smallest absolute Gasteiger partial charge is 0.547 e. The summed E-state index contributed by atoms with van der Waals surface area (Å²) >= 11 is 0. The summed E-state index contributed by atoms with van der Waals surface area (Å²) in [6.07, 6.45) is -1.52.